The summed E-state index contributed by atoms with van der Waals surface area (Å²) in [6, 6.07) is 8.83. The maximum atomic E-state index is 13.2. The van der Waals surface area contributed by atoms with E-state index in [2.05, 4.69) is 4.98 Å². The van der Waals surface area contributed by atoms with Crippen LogP contribution in [-0.2, 0) is 7.05 Å². The average Bonchev–Trinajstić information content (AvgIpc) is 2.70. The summed E-state index contributed by atoms with van der Waals surface area (Å²) in [5.74, 6) is -0.184. The van der Waals surface area contributed by atoms with Gasteiger partial charge in [-0.05, 0) is 30.3 Å². The van der Waals surface area contributed by atoms with Gasteiger partial charge in [-0.25, -0.2) is 13.8 Å². The monoisotopic (exact) mass is 259 g/mol. The summed E-state index contributed by atoms with van der Waals surface area (Å²) in [6.07, 6.45) is 0. The van der Waals surface area contributed by atoms with Crippen LogP contribution < -0.4 is 5.73 Å². The molecule has 3 rings (SSSR count). The summed E-state index contributed by atoms with van der Waals surface area (Å²) in [5.41, 5.74) is 7.67. The Morgan fingerprint density at radius 1 is 1.11 bits per heavy atom. The Morgan fingerprint density at radius 3 is 2.63 bits per heavy atom. The van der Waals surface area contributed by atoms with Crippen molar-refractivity contribution in [1.29, 1.82) is 0 Å². The van der Waals surface area contributed by atoms with Gasteiger partial charge >= 0.3 is 0 Å². The van der Waals surface area contributed by atoms with Crippen molar-refractivity contribution in [1.82, 2.24) is 9.55 Å². The fraction of sp³-hybridized carbons (Fsp3) is 0.0714. The molecule has 1 heterocycles. The van der Waals surface area contributed by atoms with Gasteiger partial charge in [0.1, 0.15) is 17.5 Å². The minimum atomic E-state index is -0.464. The molecule has 5 heteroatoms. The molecular weight excluding hydrogens is 248 g/mol. The third-order valence-electron chi connectivity index (χ3n) is 3.10. The lowest BCUT2D eigenvalue weighted by atomic mass is 10.2. The Hall–Kier alpha value is -2.43. The highest BCUT2D eigenvalue weighted by Gasteiger charge is 2.11. The predicted molar refractivity (Wildman–Crippen MR) is 70.5 cm³/mol. The highest BCUT2D eigenvalue weighted by Crippen LogP contribution is 2.26. The second-order valence-electron chi connectivity index (χ2n) is 4.36. The molecule has 0 aliphatic heterocycles. The maximum Gasteiger partial charge on any atom is 0.146 e. The van der Waals surface area contributed by atoms with Crippen molar-refractivity contribution in [2.24, 2.45) is 7.05 Å². The third-order valence-corrected chi connectivity index (χ3v) is 3.10. The van der Waals surface area contributed by atoms with Crippen LogP contribution in [0.4, 0.5) is 14.5 Å². The molecule has 0 saturated heterocycles. The van der Waals surface area contributed by atoms with Crippen LogP contribution in [-0.4, -0.2) is 9.55 Å². The largest absolute Gasteiger partial charge is 0.396 e. The first-order valence-corrected chi connectivity index (χ1v) is 5.73. The minimum Gasteiger partial charge on any atom is -0.396 e. The van der Waals surface area contributed by atoms with Gasteiger partial charge in [-0.15, -0.1) is 0 Å². The van der Waals surface area contributed by atoms with Crippen LogP contribution in [0, 0.1) is 11.6 Å². The van der Waals surface area contributed by atoms with E-state index in [0.29, 0.717) is 16.9 Å². The molecule has 0 saturated carbocycles. The topological polar surface area (TPSA) is 43.8 Å². The van der Waals surface area contributed by atoms with Crippen molar-refractivity contribution in [2.75, 3.05) is 5.73 Å². The number of hydrogen-bond donors (Lipinski definition) is 1. The number of rotatable bonds is 1. The van der Waals surface area contributed by atoms with E-state index in [4.69, 9.17) is 5.73 Å². The quantitative estimate of drug-likeness (QED) is 0.682. The van der Waals surface area contributed by atoms with Gasteiger partial charge in [0, 0.05) is 18.7 Å². The number of aromatic nitrogens is 2. The van der Waals surface area contributed by atoms with Crippen LogP contribution in [0.3, 0.4) is 0 Å². The first-order chi connectivity index (χ1) is 9.06. The third kappa shape index (κ3) is 1.83. The van der Waals surface area contributed by atoms with E-state index in [9.17, 15) is 8.78 Å². The van der Waals surface area contributed by atoms with Gasteiger partial charge in [0.15, 0.2) is 0 Å². The molecule has 0 bridgehead atoms. The molecule has 0 aliphatic carbocycles. The molecule has 0 fully saturated rings. The highest BCUT2D eigenvalue weighted by atomic mass is 19.1. The number of nitrogens with zero attached hydrogens (tertiary/aromatic N) is 2. The Balaban J connectivity index is 2.24. The number of anilines is 1. The molecule has 1 aromatic heterocycles. The van der Waals surface area contributed by atoms with Gasteiger partial charge in [0.25, 0.3) is 0 Å². The second kappa shape index (κ2) is 4.05. The zero-order valence-electron chi connectivity index (χ0n) is 10.2. The Morgan fingerprint density at radius 2 is 1.89 bits per heavy atom. The summed E-state index contributed by atoms with van der Waals surface area (Å²) in [6.45, 7) is 0. The van der Waals surface area contributed by atoms with E-state index in [-0.39, 0.29) is 11.5 Å². The molecule has 2 aromatic carbocycles. The average molecular weight is 259 g/mol. The summed E-state index contributed by atoms with van der Waals surface area (Å²) in [4.78, 5) is 4.36. The van der Waals surface area contributed by atoms with Crippen molar-refractivity contribution in [3.05, 3.63) is 48.0 Å². The summed E-state index contributed by atoms with van der Waals surface area (Å²) in [7, 11) is 1.82. The molecule has 0 aliphatic rings. The number of nitrogens with two attached hydrogens (primary N) is 1. The first-order valence-electron chi connectivity index (χ1n) is 5.73. The number of imidazole rings is 1. The van der Waals surface area contributed by atoms with Gasteiger partial charge < -0.3 is 10.3 Å². The summed E-state index contributed by atoms with van der Waals surface area (Å²) < 4.78 is 28.2. The van der Waals surface area contributed by atoms with Crippen LogP contribution in [0.1, 0.15) is 0 Å². The van der Waals surface area contributed by atoms with Crippen molar-refractivity contribution in [3.8, 4) is 11.4 Å². The molecule has 0 radical (unpaired) electrons. The van der Waals surface area contributed by atoms with Gasteiger partial charge in [0.05, 0.1) is 16.7 Å². The van der Waals surface area contributed by atoms with E-state index in [1.165, 1.54) is 24.3 Å². The van der Waals surface area contributed by atoms with E-state index < -0.39 is 5.82 Å². The number of benzene rings is 2. The molecule has 19 heavy (non-hydrogen) atoms. The Kier molecular flexibility index (Phi) is 2.48. The predicted octanol–water partition coefficient (Wildman–Crippen LogP) is 3.10. The van der Waals surface area contributed by atoms with Crippen LogP contribution in [0.25, 0.3) is 22.4 Å². The first kappa shape index (κ1) is 11.6. The van der Waals surface area contributed by atoms with Crippen LogP contribution in [0.5, 0.6) is 0 Å². The molecule has 0 unspecified atom stereocenters. The zero-order chi connectivity index (χ0) is 13.6. The molecular formula is C14H11F2N3. The smallest absolute Gasteiger partial charge is 0.146 e. The number of hydrogen-bond acceptors (Lipinski definition) is 2. The highest BCUT2D eigenvalue weighted by molar-refractivity contribution is 5.81. The Bertz CT molecular complexity index is 778. The van der Waals surface area contributed by atoms with Crippen molar-refractivity contribution >= 4 is 16.7 Å². The van der Waals surface area contributed by atoms with Crippen LogP contribution in [0.2, 0.25) is 0 Å². The second-order valence-corrected chi connectivity index (χ2v) is 4.36. The lowest BCUT2D eigenvalue weighted by Crippen LogP contribution is -1.95. The van der Waals surface area contributed by atoms with Crippen molar-refractivity contribution < 1.29 is 8.78 Å². The van der Waals surface area contributed by atoms with E-state index in [1.807, 2.05) is 11.6 Å². The molecule has 2 N–H and O–H groups in total. The van der Waals surface area contributed by atoms with E-state index in [1.54, 1.807) is 12.1 Å². The SMILES string of the molecule is Cn1c(-c2ccc(F)c(N)c2)nc2cc(F)ccc21. The number of aryl methyl sites for hydroxylation is 1. The molecule has 96 valence electrons. The fourth-order valence-electron chi connectivity index (χ4n) is 2.11. The minimum absolute atomic E-state index is 0.0655. The van der Waals surface area contributed by atoms with Gasteiger partial charge in [-0.2, -0.15) is 0 Å². The standard InChI is InChI=1S/C14H11F2N3/c1-19-13-5-3-9(15)7-12(13)18-14(19)8-2-4-10(16)11(17)6-8/h2-7H,17H2,1H3. The summed E-state index contributed by atoms with van der Waals surface area (Å²) in [5, 5.41) is 0. The molecule has 0 amide bonds. The number of halogens is 2. The number of nitrogen functional groups attached to an aromatic ring is 1. The molecule has 0 spiro atoms. The zero-order valence-corrected chi connectivity index (χ0v) is 10.2. The van der Waals surface area contributed by atoms with Crippen LogP contribution >= 0.6 is 0 Å². The van der Waals surface area contributed by atoms with E-state index in [0.717, 1.165) is 5.52 Å². The van der Waals surface area contributed by atoms with Gasteiger partial charge in [0.2, 0.25) is 0 Å². The van der Waals surface area contributed by atoms with Crippen molar-refractivity contribution in [2.45, 2.75) is 0 Å². The van der Waals surface area contributed by atoms with Gasteiger partial charge in [-0.3, -0.25) is 0 Å². The van der Waals surface area contributed by atoms with Crippen LogP contribution in [0.15, 0.2) is 36.4 Å². The maximum absolute atomic E-state index is 13.2. The van der Waals surface area contributed by atoms with Gasteiger partial charge in [-0.1, -0.05) is 0 Å². The Labute approximate surface area is 108 Å². The lowest BCUT2D eigenvalue weighted by molar-refractivity contribution is 0.629. The fourth-order valence-corrected chi connectivity index (χ4v) is 2.11. The van der Waals surface area contributed by atoms with E-state index >= 15 is 0 Å². The molecule has 0 atom stereocenters. The molecule has 3 aromatic rings. The lowest BCUT2D eigenvalue weighted by Gasteiger charge is -2.04. The summed E-state index contributed by atoms with van der Waals surface area (Å²) >= 11 is 0. The normalized spacial score (nSPS) is 11.1. The number of fused-ring (bicyclic) bond motifs is 1. The van der Waals surface area contributed by atoms with Crippen molar-refractivity contribution in [3.63, 3.8) is 0 Å². The molecule has 3 nitrogen and oxygen atoms in total.